The molecule has 0 bridgehead atoms. The highest BCUT2D eigenvalue weighted by atomic mass is 16.2. The molecule has 1 aromatic rings. The SMILES string of the molecule is Cc1cnc(N2CCC(N3CCCNC3=O)CC2)nc1. The molecule has 0 atom stereocenters. The molecule has 2 fully saturated rings. The lowest BCUT2D eigenvalue weighted by molar-refractivity contribution is 0.149. The number of nitrogens with one attached hydrogen (secondary N) is 1. The van der Waals surface area contributed by atoms with Crippen LogP contribution in [-0.4, -0.2) is 53.1 Å². The van der Waals surface area contributed by atoms with Gasteiger partial charge in [-0.05, 0) is 31.7 Å². The molecule has 2 aliphatic rings. The van der Waals surface area contributed by atoms with Gasteiger partial charge in [-0.3, -0.25) is 0 Å². The Morgan fingerprint density at radius 3 is 2.55 bits per heavy atom. The molecule has 3 rings (SSSR count). The quantitative estimate of drug-likeness (QED) is 0.880. The third-order valence-corrected chi connectivity index (χ3v) is 4.07. The molecule has 0 saturated carbocycles. The summed E-state index contributed by atoms with van der Waals surface area (Å²) in [5, 5.41) is 2.93. The maximum atomic E-state index is 11.9. The zero-order valence-corrected chi connectivity index (χ0v) is 11.9. The average Bonchev–Trinajstić information content (AvgIpc) is 2.49. The van der Waals surface area contributed by atoms with E-state index in [1.54, 1.807) is 0 Å². The zero-order valence-electron chi connectivity index (χ0n) is 11.9. The topological polar surface area (TPSA) is 61.4 Å². The normalized spacial score (nSPS) is 20.9. The third-order valence-electron chi connectivity index (χ3n) is 4.07. The minimum absolute atomic E-state index is 0.0984. The zero-order chi connectivity index (χ0) is 13.9. The van der Waals surface area contributed by atoms with Gasteiger partial charge in [-0.15, -0.1) is 0 Å². The standard InChI is InChI=1S/C14H21N5O/c1-11-9-16-13(17-10-11)18-7-3-12(4-8-18)19-6-2-5-15-14(19)20/h9-10,12H,2-8H2,1H3,(H,15,20). The number of amides is 2. The van der Waals surface area contributed by atoms with Crippen LogP contribution >= 0.6 is 0 Å². The number of nitrogens with zero attached hydrogens (tertiary/aromatic N) is 4. The van der Waals surface area contributed by atoms with Crippen LogP contribution in [0.25, 0.3) is 0 Å². The lowest BCUT2D eigenvalue weighted by Gasteiger charge is -2.40. The van der Waals surface area contributed by atoms with Crippen molar-refractivity contribution in [1.29, 1.82) is 0 Å². The van der Waals surface area contributed by atoms with Crippen LogP contribution in [0, 0.1) is 6.92 Å². The Labute approximate surface area is 119 Å². The van der Waals surface area contributed by atoms with E-state index in [1.807, 2.05) is 24.2 Å². The van der Waals surface area contributed by atoms with Crippen molar-refractivity contribution in [3.05, 3.63) is 18.0 Å². The molecule has 2 aliphatic heterocycles. The molecule has 20 heavy (non-hydrogen) atoms. The molecule has 0 radical (unpaired) electrons. The highest BCUT2D eigenvalue weighted by Gasteiger charge is 2.29. The minimum Gasteiger partial charge on any atom is -0.341 e. The number of urea groups is 1. The van der Waals surface area contributed by atoms with Crippen molar-refractivity contribution in [2.24, 2.45) is 0 Å². The largest absolute Gasteiger partial charge is 0.341 e. The lowest BCUT2D eigenvalue weighted by Crippen LogP contribution is -2.54. The summed E-state index contributed by atoms with van der Waals surface area (Å²) < 4.78 is 0. The number of hydrogen-bond donors (Lipinski definition) is 1. The second-order valence-corrected chi connectivity index (χ2v) is 5.56. The van der Waals surface area contributed by atoms with Crippen molar-refractivity contribution < 1.29 is 4.79 Å². The first kappa shape index (κ1) is 13.1. The smallest absolute Gasteiger partial charge is 0.317 e. The third kappa shape index (κ3) is 2.69. The van der Waals surface area contributed by atoms with Gasteiger partial charge in [-0.2, -0.15) is 0 Å². The number of piperidine rings is 1. The number of rotatable bonds is 2. The fraction of sp³-hybridized carbons (Fsp3) is 0.643. The maximum Gasteiger partial charge on any atom is 0.317 e. The summed E-state index contributed by atoms with van der Waals surface area (Å²) in [5.41, 5.74) is 1.08. The minimum atomic E-state index is 0.0984. The fourth-order valence-corrected chi connectivity index (χ4v) is 2.92. The Balaban J connectivity index is 1.59. The van der Waals surface area contributed by atoms with Gasteiger partial charge in [-0.1, -0.05) is 0 Å². The number of anilines is 1. The van der Waals surface area contributed by atoms with Gasteiger partial charge < -0.3 is 15.1 Å². The maximum absolute atomic E-state index is 11.9. The summed E-state index contributed by atoms with van der Waals surface area (Å²) >= 11 is 0. The molecule has 6 nitrogen and oxygen atoms in total. The van der Waals surface area contributed by atoms with Crippen molar-refractivity contribution in [1.82, 2.24) is 20.2 Å². The van der Waals surface area contributed by atoms with E-state index in [0.29, 0.717) is 6.04 Å². The van der Waals surface area contributed by atoms with Gasteiger partial charge >= 0.3 is 6.03 Å². The molecular weight excluding hydrogens is 254 g/mol. The molecule has 1 aromatic heterocycles. The predicted octanol–water partition coefficient (Wildman–Crippen LogP) is 1.17. The van der Waals surface area contributed by atoms with E-state index in [-0.39, 0.29) is 6.03 Å². The molecule has 2 saturated heterocycles. The molecule has 0 aliphatic carbocycles. The lowest BCUT2D eigenvalue weighted by atomic mass is 10.0. The number of aromatic nitrogens is 2. The van der Waals surface area contributed by atoms with Gasteiger partial charge in [0.25, 0.3) is 0 Å². The van der Waals surface area contributed by atoms with E-state index in [1.165, 1.54) is 0 Å². The van der Waals surface area contributed by atoms with E-state index in [0.717, 1.165) is 57.0 Å². The number of carbonyl (C=O) groups excluding carboxylic acids is 1. The van der Waals surface area contributed by atoms with Crippen LogP contribution in [0.3, 0.4) is 0 Å². The summed E-state index contributed by atoms with van der Waals surface area (Å²) in [6.07, 6.45) is 6.74. The fourth-order valence-electron chi connectivity index (χ4n) is 2.92. The van der Waals surface area contributed by atoms with Gasteiger partial charge in [0.15, 0.2) is 0 Å². The Bertz CT molecular complexity index is 467. The Morgan fingerprint density at radius 1 is 1.20 bits per heavy atom. The highest BCUT2D eigenvalue weighted by molar-refractivity contribution is 5.75. The van der Waals surface area contributed by atoms with E-state index in [9.17, 15) is 4.79 Å². The van der Waals surface area contributed by atoms with E-state index in [2.05, 4.69) is 20.2 Å². The first-order valence-electron chi connectivity index (χ1n) is 7.32. The summed E-state index contributed by atoms with van der Waals surface area (Å²) in [6, 6.07) is 0.457. The van der Waals surface area contributed by atoms with Crippen molar-refractivity contribution in [3.63, 3.8) is 0 Å². The van der Waals surface area contributed by atoms with Gasteiger partial charge in [0.1, 0.15) is 0 Å². The summed E-state index contributed by atoms with van der Waals surface area (Å²) in [6.45, 7) is 5.52. The van der Waals surface area contributed by atoms with Crippen LogP contribution in [0.15, 0.2) is 12.4 Å². The monoisotopic (exact) mass is 275 g/mol. The van der Waals surface area contributed by atoms with Crippen LogP contribution < -0.4 is 10.2 Å². The molecular formula is C14H21N5O. The van der Waals surface area contributed by atoms with Crippen molar-refractivity contribution in [3.8, 4) is 0 Å². The molecule has 0 aromatic carbocycles. The number of carbonyl (C=O) groups is 1. The van der Waals surface area contributed by atoms with Gasteiger partial charge in [-0.25, -0.2) is 14.8 Å². The molecule has 3 heterocycles. The van der Waals surface area contributed by atoms with Gasteiger partial charge in [0.2, 0.25) is 5.95 Å². The molecule has 1 N–H and O–H groups in total. The van der Waals surface area contributed by atoms with Crippen LogP contribution in [0.5, 0.6) is 0 Å². The van der Waals surface area contributed by atoms with Crippen molar-refractivity contribution in [2.45, 2.75) is 32.2 Å². The van der Waals surface area contributed by atoms with E-state index < -0.39 is 0 Å². The van der Waals surface area contributed by atoms with Crippen LogP contribution in [0.2, 0.25) is 0 Å². The van der Waals surface area contributed by atoms with Crippen molar-refractivity contribution in [2.75, 3.05) is 31.1 Å². The van der Waals surface area contributed by atoms with E-state index >= 15 is 0 Å². The Hall–Kier alpha value is -1.85. The summed E-state index contributed by atoms with van der Waals surface area (Å²) in [7, 11) is 0. The molecule has 0 spiro atoms. The molecule has 108 valence electrons. The van der Waals surface area contributed by atoms with Gasteiger partial charge in [0.05, 0.1) is 0 Å². The Morgan fingerprint density at radius 2 is 1.90 bits per heavy atom. The van der Waals surface area contributed by atoms with Gasteiger partial charge in [0, 0.05) is 44.6 Å². The predicted molar refractivity (Wildman–Crippen MR) is 76.7 cm³/mol. The second-order valence-electron chi connectivity index (χ2n) is 5.56. The summed E-state index contributed by atoms with van der Waals surface area (Å²) in [4.78, 5) is 24.8. The van der Waals surface area contributed by atoms with Crippen LogP contribution in [-0.2, 0) is 0 Å². The van der Waals surface area contributed by atoms with Crippen molar-refractivity contribution >= 4 is 12.0 Å². The first-order chi connectivity index (χ1) is 9.74. The number of aryl methyl sites for hydroxylation is 1. The summed E-state index contributed by atoms with van der Waals surface area (Å²) in [5.74, 6) is 0.803. The highest BCUT2D eigenvalue weighted by Crippen LogP contribution is 2.21. The second kappa shape index (κ2) is 5.64. The van der Waals surface area contributed by atoms with Crippen LogP contribution in [0.1, 0.15) is 24.8 Å². The molecule has 0 unspecified atom stereocenters. The molecule has 2 amide bonds. The Kier molecular flexibility index (Phi) is 3.71. The number of hydrogen-bond acceptors (Lipinski definition) is 4. The average molecular weight is 275 g/mol. The first-order valence-corrected chi connectivity index (χ1v) is 7.32. The van der Waals surface area contributed by atoms with E-state index in [4.69, 9.17) is 0 Å². The van der Waals surface area contributed by atoms with Crippen LogP contribution in [0.4, 0.5) is 10.7 Å². The molecule has 6 heteroatoms.